The smallest absolute Gasteiger partial charge is 0.258 e. The first-order valence-electron chi connectivity index (χ1n) is 4.66. The summed E-state index contributed by atoms with van der Waals surface area (Å²) in [6.45, 7) is 4.21. The number of nitrogens with zero attached hydrogens (tertiary/aromatic N) is 1. The Morgan fingerprint density at radius 1 is 1.36 bits per heavy atom. The van der Waals surface area contributed by atoms with Crippen LogP contribution in [0.5, 0.6) is 0 Å². The number of rotatable bonds is 1. The molecule has 0 spiro atoms. The summed E-state index contributed by atoms with van der Waals surface area (Å²) in [5, 5.41) is 0.665. The predicted molar refractivity (Wildman–Crippen MR) is 56.5 cm³/mol. The lowest BCUT2D eigenvalue weighted by Gasteiger charge is -2.05. The van der Waals surface area contributed by atoms with Crippen LogP contribution >= 0.6 is 0 Å². The summed E-state index contributed by atoms with van der Waals surface area (Å²) in [6, 6.07) is 5.81. The van der Waals surface area contributed by atoms with Crippen molar-refractivity contribution in [3.63, 3.8) is 0 Å². The first-order chi connectivity index (χ1) is 6.68. The van der Waals surface area contributed by atoms with Gasteiger partial charge in [-0.05, 0) is 23.6 Å². The molecule has 3 heteroatoms. The third-order valence-corrected chi connectivity index (χ3v) is 2.33. The van der Waals surface area contributed by atoms with E-state index in [4.69, 9.17) is 0 Å². The van der Waals surface area contributed by atoms with Gasteiger partial charge in [-0.1, -0.05) is 19.9 Å². The summed E-state index contributed by atoms with van der Waals surface area (Å²) in [4.78, 5) is 18.1. The molecule has 2 rings (SSSR count). The standard InChI is InChI=1S/C11H12N2O/c1-7(2)8-3-4-10-9(5-8)11(14)13-6-12-10/h3-7H,1-2H3,(H,12,13,14). The first kappa shape index (κ1) is 8.94. The van der Waals surface area contributed by atoms with Crippen LogP contribution in [0, 0.1) is 0 Å². The van der Waals surface area contributed by atoms with Gasteiger partial charge in [-0.15, -0.1) is 0 Å². The zero-order valence-electron chi connectivity index (χ0n) is 8.24. The maximum absolute atomic E-state index is 11.5. The van der Waals surface area contributed by atoms with E-state index in [0.29, 0.717) is 11.3 Å². The number of H-pyrrole nitrogens is 1. The second-order valence-corrected chi connectivity index (χ2v) is 3.66. The van der Waals surface area contributed by atoms with Crippen LogP contribution in [0.1, 0.15) is 25.3 Å². The Kier molecular flexibility index (Phi) is 2.08. The molecular formula is C11H12N2O. The fourth-order valence-corrected chi connectivity index (χ4v) is 1.45. The highest BCUT2D eigenvalue weighted by atomic mass is 16.1. The minimum absolute atomic E-state index is 0.0718. The molecule has 0 bridgehead atoms. The molecule has 3 nitrogen and oxygen atoms in total. The van der Waals surface area contributed by atoms with Crippen molar-refractivity contribution < 1.29 is 0 Å². The van der Waals surface area contributed by atoms with E-state index in [1.165, 1.54) is 6.33 Å². The van der Waals surface area contributed by atoms with Gasteiger partial charge in [-0.2, -0.15) is 0 Å². The van der Waals surface area contributed by atoms with Crippen molar-refractivity contribution in [3.8, 4) is 0 Å². The summed E-state index contributed by atoms with van der Waals surface area (Å²) < 4.78 is 0. The van der Waals surface area contributed by atoms with Gasteiger partial charge >= 0.3 is 0 Å². The monoisotopic (exact) mass is 188 g/mol. The topological polar surface area (TPSA) is 45.8 Å². The number of benzene rings is 1. The van der Waals surface area contributed by atoms with Crippen LogP contribution in [0.2, 0.25) is 0 Å². The molecule has 0 atom stereocenters. The summed E-state index contributed by atoms with van der Waals surface area (Å²) in [5.74, 6) is 0.430. The Hall–Kier alpha value is -1.64. The van der Waals surface area contributed by atoms with Gasteiger partial charge in [0.1, 0.15) is 0 Å². The minimum Gasteiger partial charge on any atom is -0.313 e. The van der Waals surface area contributed by atoms with E-state index in [2.05, 4.69) is 23.8 Å². The molecular weight excluding hydrogens is 176 g/mol. The Morgan fingerprint density at radius 2 is 2.14 bits per heavy atom. The molecule has 0 fully saturated rings. The van der Waals surface area contributed by atoms with E-state index in [-0.39, 0.29) is 5.56 Å². The SMILES string of the molecule is CC(C)c1ccc2nc[nH]c(=O)c2c1. The number of aromatic nitrogens is 2. The molecule has 72 valence electrons. The molecule has 14 heavy (non-hydrogen) atoms. The van der Waals surface area contributed by atoms with E-state index in [1.54, 1.807) is 0 Å². The number of hydrogen-bond acceptors (Lipinski definition) is 2. The molecule has 1 heterocycles. The van der Waals surface area contributed by atoms with Gasteiger partial charge in [0.2, 0.25) is 0 Å². The summed E-state index contributed by atoms with van der Waals surface area (Å²) in [7, 11) is 0. The molecule has 2 aromatic rings. The van der Waals surface area contributed by atoms with Crippen LogP contribution in [-0.2, 0) is 0 Å². The lowest BCUT2D eigenvalue weighted by atomic mass is 10.0. The molecule has 1 aromatic heterocycles. The van der Waals surface area contributed by atoms with E-state index in [9.17, 15) is 4.79 Å². The van der Waals surface area contributed by atoms with Crippen molar-refractivity contribution in [2.45, 2.75) is 19.8 Å². The van der Waals surface area contributed by atoms with Gasteiger partial charge in [0, 0.05) is 0 Å². The lowest BCUT2D eigenvalue weighted by molar-refractivity contribution is 0.868. The fraction of sp³-hybridized carbons (Fsp3) is 0.273. The van der Waals surface area contributed by atoms with E-state index >= 15 is 0 Å². The van der Waals surface area contributed by atoms with Crippen LogP contribution in [0.25, 0.3) is 10.9 Å². The zero-order valence-corrected chi connectivity index (χ0v) is 8.24. The molecule has 0 unspecified atom stereocenters. The molecule has 0 aliphatic heterocycles. The Morgan fingerprint density at radius 3 is 2.86 bits per heavy atom. The highest BCUT2D eigenvalue weighted by molar-refractivity contribution is 5.77. The molecule has 0 saturated heterocycles. The fourth-order valence-electron chi connectivity index (χ4n) is 1.45. The summed E-state index contributed by atoms with van der Waals surface area (Å²) in [6.07, 6.45) is 1.43. The second kappa shape index (κ2) is 3.25. The summed E-state index contributed by atoms with van der Waals surface area (Å²) in [5.41, 5.74) is 1.84. The zero-order chi connectivity index (χ0) is 10.1. The molecule has 1 aromatic carbocycles. The second-order valence-electron chi connectivity index (χ2n) is 3.66. The molecule has 0 amide bonds. The third kappa shape index (κ3) is 1.41. The number of fused-ring (bicyclic) bond motifs is 1. The number of nitrogens with one attached hydrogen (secondary N) is 1. The van der Waals surface area contributed by atoms with Crippen LogP contribution in [0.3, 0.4) is 0 Å². The van der Waals surface area contributed by atoms with Gasteiger partial charge < -0.3 is 4.98 Å². The van der Waals surface area contributed by atoms with Gasteiger partial charge in [0.25, 0.3) is 5.56 Å². The molecule has 0 saturated carbocycles. The normalized spacial score (nSPS) is 11.1. The van der Waals surface area contributed by atoms with Crippen molar-refractivity contribution in [3.05, 3.63) is 40.4 Å². The van der Waals surface area contributed by atoms with Crippen LogP contribution in [0.15, 0.2) is 29.3 Å². The number of hydrogen-bond donors (Lipinski definition) is 1. The largest absolute Gasteiger partial charge is 0.313 e. The van der Waals surface area contributed by atoms with Crippen LogP contribution in [-0.4, -0.2) is 9.97 Å². The van der Waals surface area contributed by atoms with Crippen LogP contribution < -0.4 is 5.56 Å². The van der Waals surface area contributed by atoms with E-state index < -0.39 is 0 Å². The highest BCUT2D eigenvalue weighted by Crippen LogP contribution is 2.17. The first-order valence-corrected chi connectivity index (χ1v) is 4.66. The Labute approximate surface area is 81.8 Å². The molecule has 1 N–H and O–H groups in total. The quantitative estimate of drug-likeness (QED) is 0.744. The third-order valence-electron chi connectivity index (χ3n) is 2.33. The maximum atomic E-state index is 11.5. The molecule has 0 aliphatic carbocycles. The Bertz CT molecular complexity index is 514. The minimum atomic E-state index is -0.0718. The van der Waals surface area contributed by atoms with E-state index in [1.807, 2.05) is 18.2 Å². The van der Waals surface area contributed by atoms with Gasteiger partial charge in [0.05, 0.1) is 17.2 Å². The van der Waals surface area contributed by atoms with Crippen LogP contribution in [0.4, 0.5) is 0 Å². The maximum Gasteiger partial charge on any atom is 0.258 e. The molecule has 0 aliphatic rings. The average Bonchev–Trinajstić information content (AvgIpc) is 2.18. The average molecular weight is 188 g/mol. The van der Waals surface area contributed by atoms with Gasteiger partial charge in [-0.25, -0.2) is 4.98 Å². The van der Waals surface area contributed by atoms with E-state index in [0.717, 1.165) is 11.1 Å². The van der Waals surface area contributed by atoms with Crippen molar-refractivity contribution in [2.24, 2.45) is 0 Å². The lowest BCUT2D eigenvalue weighted by Crippen LogP contribution is -2.06. The van der Waals surface area contributed by atoms with Gasteiger partial charge in [-0.3, -0.25) is 4.79 Å². The van der Waals surface area contributed by atoms with Gasteiger partial charge in [0.15, 0.2) is 0 Å². The highest BCUT2D eigenvalue weighted by Gasteiger charge is 2.03. The predicted octanol–water partition coefficient (Wildman–Crippen LogP) is 2.05. The van der Waals surface area contributed by atoms with Crippen molar-refractivity contribution in [1.29, 1.82) is 0 Å². The Balaban J connectivity index is 2.76. The number of aromatic amines is 1. The van der Waals surface area contributed by atoms with Crippen molar-refractivity contribution in [2.75, 3.05) is 0 Å². The summed E-state index contributed by atoms with van der Waals surface area (Å²) >= 11 is 0. The molecule has 0 radical (unpaired) electrons. The van der Waals surface area contributed by atoms with Crippen molar-refractivity contribution >= 4 is 10.9 Å². The van der Waals surface area contributed by atoms with Crippen molar-refractivity contribution in [1.82, 2.24) is 9.97 Å².